The van der Waals surface area contributed by atoms with Crippen LogP contribution in [-0.4, -0.2) is 14.4 Å². The Bertz CT molecular complexity index is 199. The highest BCUT2D eigenvalue weighted by Gasteiger charge is 2.24. The van der Waals surface area contributed by atoms with Gasteiger partial charge in [0, 0.05) is 0 Å². The first-order valence-corrected chi connectivity index (χ1v) is 11.0. The summed E-state index contributed by atoms with van der Waals surface area (Å²) >= 11 is 2.30. The van der Waals surface area contributed by atoms with Gasteiger partial charge in [-0.15, -0.1) is 0 Å². The normalized spacial score (nSPS) is 16.6. The van der Waals surface area contributed by atoms with E-state index in [4.69, 9.17) is 4.43 Å². The van der Waals surface area contributed by atoms with Gasteiger partial charge in [0.25, 0.3) is 0 Å². The van der Waals surface area contributed by atoms with Crippen LogP contribution in [0.5, 0.6) is 0 Å². The Balaban J connectivity index is 4.46. The van der Waals surface area contributed by atoms with E-state index in [-0.39, 0.29) is 0 Å². The maximum absolute atomic E-state index is 6.28. The van der Waals surface area contributed by atoms with Gasteiger partial charge in [-0.1, -0.05) is 61.8 Å². The summed E-state index contributed by atoms with van der Waals surface area (Å²) in [6, 6.07) is 0. The van der Waals surface area contributed by atoms with Gasteiger partial charge in [-0.25, -0.2) is 0 Å². The fourth-order valence-corrected chi connectivity index (χ4v) is 3.34. The smallest absolute Gasteiger partial charge is 0.184 e. The van der Waals surface area contributed by atoms with Crippen molar-refractivity contribution in [1.82, 2.24) is 0 Å². The van der Waals surface area contributed by atoms with E-state index in [1.54, 1.807) is 0 Å². The van der Waals surface area contributed by atoms with E-state index in [1.165, 1.54) is 25.7 Å². The molecule has 0 saturated heterocycles. The van der Waals surface area contributed by atoms with Crippen molar-refractivity contribution in [1.29, 1.82) is 0 Å². The lowest BCUT2D eigenvalue weighted by Gasteiger charge is -2.30. The van der Waals surface area contributed by atoms with E-state index in [1.807, 2.05) is 0 Å². The molecular weight excluding hydrogens is 327 g/mol. The van der Waals surface area contributed by atoms with Gasteiger partial charge in [-0.2, -0.15) is 0 Å². The van der Waals surface area contributed by atoms with Crippen LogP contribution in [0.4, 0.5) is 0 Å². The summed E-state index contributed by atoms with van der Waals surface area (Å²) < 4.78 is 8.38. The van der Waals surface area contributed by atoms with Crippen LogP contribution in [0.3, 0.4) is 0 Å². The molecule has 96 valence electrons. The lowest BCUT2D eigenvalue weighted by atomic mass is 9.93. The Morgan fingerprint density at radius 1 is 1.25 bits per heavy atom. The molecule has 0 rings (SSSR count). The van der Waals surface area contributed by atoms with Gasteiger partial charge in [0.1, 0.15) is 0 Å². The van der Waals surface area contributed by atoms with Gasteiger partial charge >= 0.3 is 0 Å². The average molecular weight is 354 g/mol. The molecule has 0 saturated carbocycles. The molecule has 0 aromatic rings. The summed E-state index contributed by atoms with van der Waals surface area (Å²) in [7, 11) is -1.43. The van der Waals surface area contributed by atoms with Crippen molar-refractivity contribution in [3.05, 3.63) is 10.2 Å². The molecule has 0 fully saturated rings. The van der Waals surface area contributed by atoms with Crippen LogP contribution in [0.1, 0.15) is 39.5 Å². The Morgan fingerprint density at radius 2 is 1.88 bits per heavy atom. The van der Waals surface area contributed by atoms with Crippen molar-refractivity contribution in [2.75, 3.05) is 0 Å². The molecular formula is C13H27IOSi. The third-order valence-electron chi connectivity index (χ3n) is 2.67. The lowest BCUT2D eigenvalue weighted by molar-refractivity contribution is 0.159. The summed E-state index contributed by atoms with van der Waals surface area (Å²) in [5, 5.41) is 0. The molecule has 1 nitrogen and oxygen atoms in total. The SMILES string of the molecule is CCCC[C@H](CC)[C@@H](/C=C/I)O[Si](C)(C)C. The second-order valence-electron chi connectivity index (χ2n) is 5.32. The molecule has 0 unspecified atom stereocenters. The largest absolute Gasteiger partial charge is 0.411 e. The van der Waals surface area contributed by atoms with Crippen molar-refractivity contribution >= 4 is 30.9 Å². The highest BCUT2D eigenvalue weighted by Crippen LogP contribution is 2.24. The van der Waals surface area contributed by atoms with Crippen LogP contribution in [0.25, 0.3) is 0 Å². The molecule has 16 heavy (non-hydrogen) atoms. The molecule has 0 heterocycles. The summed E-state index contributed by atoms with van der Waals surface area (Å²) in [5.74, 6) is 0.692. The first-order valence-electron chi connectivity index (χ1n) is 6.39. The van der Waals surface area contributed by atoms with E-state index in [2.05, 4.69) is 66.2 Å². The maximum atomic E-state index is 6.28. The van der Waals surface area contributed by atoms with Gasteiger partial charge < -0.3 is 4.43 Å². The van der Waals surface area contributed by atoms with Crippen LogP contribution < -0.4 is 0 Å². The van der Waals surface area contributed by atoms with Crippen molar-refractivity contribution in [2.45, 2.75) is 65.3 Å². The van der Waals surface area contributed by atoms with Crippen LogP contribution >= 0.6 is 22.6 Å². The molecule has 0 amide bonds. The zero-order valence-corrected chi connectivity index (χ0v) is 14.6. The number of rotatable bonds is 8. The van der Waals surface area contributed by atoms with E-state index < -0.39 is 8.32 Å². The predicted octanol–water partition coefficient (Wildman–Crippen LogP) is 5.37. The van der Waals surface area contributed by atoms with E-state index in [9.17, 15) is 0 Å². The predicted molar refractivity (Wildman–Crippen MR) is 84.7 cm³/mol. The molecule has 0 aromatic heterocycles. The molecule has 0 bridgehead atoms. The summed E-state index contributed by atoms with van der Waals surface area (Å²) in [4.78, 5) is 0. The van der Waals surface area contributed by atoms with Crippen molar-refractivity contribution in [3.63, 3.8) is 0 Å². The van der Waals surface area contributed by atoms with E-state index in [0.29, 0.717) is 12.0 Å². The number of hydrogen-bond donors (Lipinski definition) is 0. The minimum Gasteiger partial charge on any atom is -0.411 e. The zero-order valence-electron chi connectivity index (χ0n) is 11.4. The molecule has 0 aliphatic carbocycles. The van der Waals surface area contributed by atoms with Gasteiger partial charge in [0.2, 0.25) is 0 Å². The fourth-order valence-electron chi connectivity index (χ4n) is 1.84. The van der Waals surface area contributed by atoms with Gasteiger partial charge in [0.15, 0.2) is 8.32 Å². The van der Waals surface area contributed by atoms with E-state index >= 15 is 0 Å². The Labute approximate surface area is 116 Å². The Kier molecular flexibility index (Phi) is 9.05. The quantitative estimate of drug-likeness (QED) is 0.420. The van der Waals surface area contributed by atoms with Gasteiger partial charge in [-0.3, -0.25) is 0 Å². The number of unbranched alkanes of at least 4 members (excludes halogenated alkanes) is 1. The minimum absolute atomic E-state index is 0.333. The van der Waals surface area contributed by atoms with Crippen molar-refractivity contribution < 1.29 is 4.43 Å². The lowest BCUT2D eigenvalue weighted by Crippen LogP contribution is -2.35. The maximum Gasteiger partial charge on any atom is 0.184 e. The molecule has 0 radical (unpaired) electrons. The zero-order chi connectivity index (χ0) is 12.6. The Hall–Kier alpha value is 0.647. The minimum atomic E-state index is -1.43. The highest BCUT2D eigenvalue weighted by molar-refractivity contribution is 14.1. The number of hydrogen-bond acceptors (Lipinski definition) is 1. The van der Waals surface area contributed by atoms with Gasteiger partial charge in [0.05, 0.1) is 6.10 Å². The standard InChI is InChI=1S/C13H27IOSi/c1-6-8-9-12(7-2)13(10-11-14)15-16(3,4)5/h10-13H,6-9H2,1-5H3/b11-10+/t12-,13+/m0/s1. The highest BCUT2D eigenvalue weighted by atomic mass is 127. The third kappa shape index (κ3) is 7.85. The Morgan fingerprint density at radius 3 is 2.25 bits per heavy atom. The van der Waals surface area contributed by atoms with Crippen LogP contribution in [0.15, 0.2) is 10.2 Å². The molecule has 0 aliphatic rings. The van der Waals surface area contributed by atoms with E-state index in [0.717, 1.165) is 0 Å². The van der Waals surface area contributed by atoms with Crippen LogP contribution in [0.2, 0.25) is 19.6 Å². The second-order valence-corrected chi connectivity index (χ2v) is 10.5. The average Bonchev–Trinajstić information content (AvgIpc) is 2.17. The monoisotopic (exact) mass is 354 g/mol. The van der Waals surface area contributed by atoms with Crippen LogP contribution in [0, 0.1) is 5.92 Å². The first kappa shape index (κ1) is 16.6. The summed E-state index contributed by atoms with van der Waals surface area (Å²) in [6.07, 6.45) is 7.69. The molecule has 0 aromatic carbocycles. The summed E-state index contributed by atoms with van der Waals surface area (Å²) in [6.45, 7) is 11.4. The fraction of sp³-hybridized carbons (Fsp3) is 0.846. The molecule has 3 heteroatoms. The molecule has 0 aliphatic heterocycles. The molecule has 0 spiro atoms. The third-order valence-corrected chi connectivity index (χ3v) is 4.06. The van der Waals surface area contributed by atoms with Crippen molar-refractivity contribution in [2.24, 2.45) is 5.92 Å². The molecule has 0 N–H and O–H groups in total. The van der Waals surface area contributed by atoms with Gasteiger partial charge in [-0.05, 0) is 36.1 Å². The molecule has 2 atom stereocenters. The topological polar surface area (TPSA) is 9.23 Å². The van der Waals surface area contributed by atoms with Crippen LogP contribution in [-0.2, 0) is 4.43 Å². The number of halogens is 1. The summed E-state index contributed by atoms with van der Waals surface area (Å²) in [5.41, 5.74) is 0. The van der Waals surface area contributed by atoms with Crippen molar-refractivity contribution in [3.8, 4) is 0 Å². The second kappa shape index (κ2) is 8.70. The first-order chi connectivity index (χ1) is 7.44.